The highest BCUT2D eigenvalue weighted by molar-refractivity contribution is 6.07. The predicted octanol–water partition coefficient (Wildman–Crippen LogP) is 5.68. The number of halogens is 1. The van der Waals surface area contributed by atoms with Crippen molar-refractivity contribution in [1.82, 2.24) is 24.5 Å². The van der Waals surface area contributed by atoms with Crippen LogP contribution in [0.5, 0.6) is 0 Å². The first kappa shape index (κ1) is 24.7. The average molecular weight is 514 g/mol. The predicted molar refractivity (Wildman–Crippen MR) is 145 cm³/mol. The number of rotatable bonds is 5. The summed E-state index contributed by atoms with van der Waals surface area (Å²) in [5, 5.41) is 20.3. The monoisotopic (exact) mass is 513 g/mol. The molecule has 0 spiro atoms. The largest absolute Gasteiger partial charge is 0.386 e. The van der Waals surface area contributed by atoms with Crippen molar-refractivity contribution in [3.05, 3.63) is 77.4 Å². The van der Waals surface area contributed by atoms with E-state index in [1.807, 2.05) is 26.1 Å². The quantitative estimate of drug-likeness (QED) is 0.327. The van der Waals surface area contributed by atoms with Gasteiger partial charge in [-0.3, -0.25) is 4.98 Å². The minimum atomic E-state index is -1.05. The van der Waals surface area contributed by atoms with Crippen LogP contribution in [0.1, 0.15) is 49.6 Å². The van der Waals surface area contributed by atoms with Crippen LogP contribution in [0.25, 0.3) is 33.2 Å². The molecule has 0 aliphatic carbocycles. The lowest BCUT2D eigenvalue weighted by molar-refractivity contribution is 0.0552. The van der Waals surface area contributed by atoms with Crippen LogP contribution in [-0.4, -0.2) is 42.9 Å². The topological polar surface area (TPSA) is 78.0 Å². The molecule has 1 N–H and O–H groups in total. The third kappa shape index (κ3) is 4.18. The molecule has 4 heterocycles. The SMILES string of the molecule is Cc1nnn(C)c1-c1ccc2c3ncc(C(C)(C)O)cc3n([C@H](c3ccc(F)cc3)C3CCOCC3)c2c1. The number of ether oxygens (including phenoxy) is 1. The zero-order valence-corrected chi connectivity index (χ0v) is 22.1. The number of hydrogen-bond donors (Lipinski definition) is 1. The molecule has 7 nitrogen and oxygen atoms in total. The molecule has 0 saturated carbocycles. The van der Waals surface area contributed by atoms with Crippen LogP contribution >= 0.6 is 0 Å². The third-order valence-electron chi connectivity index (χ3n) is 7.82. The number of hydrogen-bond acceptors (Lipinski definition) is 5. The number of benzene rings is 2. The van der Waals surface area contributed by atoms with Crippen LogP contribution in [-0.2, 0) is 17.4 Å². The second-order valence-corrected chi connectivity index (χ2v) is 10.8. The van der Waals surface area contributed by atoms with E-state index in [0.717, 1.165) is 62.9 Å². The average Bonchev–Trinajstić information content (AvgIpc) is 3.41. The Morgan fingerprint density at radius 1 is 1.05 bits per heavy atom. The molecule has 1 aliphatic heterocycles. The molecule has 0 unspecified atom stereocenters. The van der Waals surface area contributed by atoms with Gasteiger partial charge in [0.15, 0.2) is 0 Å². The zero-order valence-electron chi connectivity index (χ0n) is 22.1. The molecule has 38 heavy (non-hydrogen) atoms. The number of aliphatic hydroxyl groups is 1. The molecule has 2 aromatic carbocycles. The first-order valence-corrected chi connectivity index (χ1v) is 13.1. The Balaban J connectivity index is 1.69. The molecule has 0 bridgehead atoms. The van der Waals surface area contributed by atoms with Gasteiger partial charge in [-0.2, -0.15) is 0 Å². The highest BCUT2D eigenvalue weighted by Crippen LogP contribution is 2.42. The molecule has 3 aromatic heterocycles. The Bertz CT molecular complexity index is 1610. The Morgan fingerprint density at radius 2 is 1.79 bits per heavy atom. The van der Waals surface area contributed by atoms with E-state index in [0.29, 0.717) is 13.2 Å². The zero-order chi connectivity index (χ0) is 26.6. The molecule has 8 heteroatoms. The van der Waals surface area contributed by atoms with Gasteiger partial charge in [-0.1, -0.05) is 23.4 Å². The van der Waals surface area contributed by atoms with Gasteiger partial charge < -0.3 is 14.4 Å². The van der Waals surface area contributed by atoms with Crippen molar-refractivity contribution in [3.63, 3.8) is 0 Å². The number of aryl methyl sites for hydroxylation is 2. The van der Waals surface area contributed by atoms with Gasteiger partial charge in [-0.25, -0.2) is 9.07 Å². The van der Waals surface area contributed by atoms with Gasteiger partial charge in [0, 0.05) is 43.0 Å². The fourth-order valence-electron chi connectivity index (χ4n) is 5.87. The summed E-state index contributed by atoms with van der Waals surface area (Å²) in [6.07, 6.45) is 3.55. The molecule has 0 amide bonds. The summed E-state index contributed by atoms with van der Waals surface area (Å²) >= 11 is 0. The lowest BCUT2D eigenvalue weighted by Crippen LogP contribution is -2.27. The molecule has 5 aromatic rings. The summed E-state index contributed by atoms with van der Waals surface area (Å²) in [6.45, 7) is 6.89. The molecule has 0 radical (unpaired) electrons. The second kappa shape index (κ2) is 9.29. The van der Waals surface area contributed by atoms with Crippen molar-refractivity contribution in [2.75, 3.05) is 13.2 Å². The Morgan fingerprint density at radius 3 is 2.45 bits per heavy atom. The highest BCUT2D eigenvalue weighted by atomic mass is 19.1. The normalized spacial score (nSPS) is 15.9. The van der Waals surface area contributed by atoms with Gasteiger partial charge in [0.05, 0.1) is 39.6 Å². The van der Waals surface area contributed by atoms with E-state index in [2.05, 4.69) is 39.1 Å². The van der Waals surface area contributed by atoms with Crippen molar-refractivity contribution in [3.8, 4) is 11.3 Å². The molecule has 196 valence electrons. The van der Waals surface area contributed by atoms with Crippen LogP contribution < -0.4 is 0 Å². The van der Waals surface area contributed by atoms with Gasteiger partial charge in [-0.15, -0.1) is 5.10 Å². The van der Waals surface area contributed by atoms with Gasteiger partial charge in [0.2, 0.25) is 0 Å². The van der Waals surface area contributed by atoms with Gasteiger partial charge in [0.1, 0.15) is 5.82 Å². The smallest absolute Gasteiger partial charge is 0.123 e. The highest BCUT2D eigenvalue weighted by Gasteiger charge is 2.31. The van der Waals surface area contributed by atoms with Crippen molar-refractivity contribution in [1.29, 1.82) is 0 Å². The number of aromatic nitrogens is 5. The Hall–Kier alpha value is -3.62. The lowest BCUT2D eigenvalue weighted by atomic mass is 9.86. The van der Waals surface area contributed by atoms with E-state index in [9.17, 15) is 9.50 Å². The standard InChI is InChI=1S/C30H32FN5O2/c1-18-28(35(4)34-33-18)21-7-10-24-25(15-21)36(26-16-22(30(2,3)37)17-32-27(24)26)29(20-11-13-38-14-12-20)19-5-8-23(31)9-6-19/h5-10,15-17,20,29,37H,11-14H2,1-4H3/t29-/m1/s1. The second-order valence-electron chi connectivity index (χ2n) is 10.8. The molecule has 1 fully saturated rings. The van der Waals surface area contributed by atoms with E-state index in [1.165, 1.54) is 12.1 Å². The van der Waals surface area contributed by atoms with Gasteiger partial charge in [-0.05, 0) is 75.4 Å². The fourth-order valence-corrected chi connectivity index (χ4v) is 5.87. The molecule has 1 aliphatic rings. The van der Waals surface area contributed by atoms with Crippen LogP contribution in [0.15, 0.2) is 54.7 Å². The lowest BCUT2D eigenvalue weighted by Gasteiger charge is -2.33. The van der Waals surface area contributed by atoms with Crippen LogP contribution in [0.2, 0.25) is 0 Å². The maximum absolute atomic E-state index is 14.0. The summed E-state index contributed by atoms with van der Waals surface area (Å²) in [5.74, 6) is 0.0247. The first-order chi connectivity index (χ1) is 18.2. The summed E-state index contributed by atoms with van der Waals surface area (Å²) in [4.78, 5) is 4.86. The van der Waals surface area contributed by atoms with Crippen LogP contribution in [0.4, 0.5) is 4.39 Å². The Kier molecular flexibility index (Phi) is 6.04. The van der Waals surface area contributed by atoms with Gasteiger partial charge >= 0.3 is 0 Å². The number of fused-ring (bicyclic) bond motifs is 3. The minimum absolute atomic E-state index is 0.0700. The first-order valence-electron chi connectivity index (χ1n) is 13.1. The van der Waals surface area contributed by atoms with E-state index in [4.69, 9.17) is 9.72 Å². The van der Waals surface area contributed by atoms with Crippen molar-refractivity contribution in [2.24, 2.45) is 13.0 Å². The maximum atomic E-state index is 14.0. The third-order valence-corrected chi connectivity index (χ3v) is 7.82. The van der Waals surface area contributed by atoms with E-state index in [1.54, 1.807) is 24.7 Å². The summed E-state index contributed by atoms with van der Waals surface area (Å²) < 4.78 is 23.9. The molecule has 1 saturated heterocycles. The van der Waals surface area contributed by atoms with E-state index in [-0.39, 0.29) is 17.8 Å². The van der Waals surface area contributed by atoms with Crippen LogP contribution in [0, 0.1) is 18.7 Å². The van der Waals surface area contributed by atoms with E-state index >= 15 is 0 Å². The number of nitrogens with zero attached hydrogens (tertiary/aromatic N) is 5. The van der Waals surface area contributed by atoms with E-state index < -0.39 is 5.60 Å². The van der Waals surface area contributed by atoms with Crippen LogP contribution in [0.3, 0.4) is 0 Å². The fraction of sp³-hybridized carbons (Fsp3) is 0.367. The molecule has 6 rings (SSSR count). The van der Waals surface area contributed by atoms with Gasteiger partial charge in [0.25, 0.3) is 0 Å². The van der Waals surface area contributed by atoms with Crippen molar-refractivity contribution < 1.29 is 14.2 Å². The maximum Gasteiger partial charge on any atom is 0.123 e. The van der Waals surface area contributed by atoms with Crippen molar-refractivity contribution in [2.45, 2.75) is 45.3 Å². The summed E-state index contributed by atoms with van der Waals surface area (Å²) in [6, 6.07) is 15.2. The summed E-state index contributed by atoms with van der Waals surface area (Å²) in [7, 11) is 1.90. The molecule has 1 atom stereocenters. The minimum Gasteiger partial charge on any atom is -0.386 e. The number of pyridine rings is 1. The summed E-state index contributed by atoms with van der Waals surface area (Å²) in [5.41, 5.74) is 6.40. The van der Waals surface area contributed by atoms with Crippen molar-refractivity contribution >= 4 is 21.9 Å². The molecular formula is C30H32FN5O2. The molecular weight excluding hydrogens is 481 g/mol. The Labute approximate surface area is 220 Å².